The minimum atomic E-state index is -0.00839. The third-order valence-corrected chi connectivity index (χ3v) is 1.71. The van der Waals surface area contributed by atoms with Gasteiger partial charge in [0.15, 0.2) is 0 Å². The van der Waals surface area contributed by atoms with Crippen LogP contribution in [0.5, 0.6) is 0 Å². The second kappa shape index (κ2) is 3.94. The Balaban J connectivity index is 1.85. The van der Waals surface area contributed by atoms with Crippen LogP contribution in [0, 0.1) is 0 Å². The standard InChI is InChI=1S/C6H12N2O2S/c1-4(9)7-2-3-8-5-6(11)10-5/h5-6,8,11H,2-3H2,1H3,(H,7,9). The molecule has 2 N–H and O–H groups in total. The summed E-state index contributed by atoms with van der Waals surface area (Å²) < 4.78 is 4.96. The summed E-state index contributed by atoms with van der Waals surface area (Å²) in [6, 6.07) is 0. The van der Waals surface area contributed by atoms with E-state index in [4.69, 9.17) is 4.74 Å². The molecule has 1 fully saturated rings. The van der Waals surface area contributed by atoms with E-state index in [0.717, 1.165) is 6.54 Å². The average Bonchev–Trinajstić information content (AvgIpc) is 2.59. The lowest BCUT2D eigenvalue weighted by Gasteiger charge is -2.00. The molecule has 64 valence electrons. The van der Waals surface area contributed by atoms with Crippen molar-refractivity contribution in [3.05, 3.63) is 0 Å². The van der Waals surface area contributed by atoms with Crippen molar-refractivity contribution in [1.29, 1.82) is 0 Å². The fraction of sp³-hybridized carbons (Fsp3) is 0.833. The third kappa shape index (κ3) is 3.60. The summed E-state index contributed by atoms with van der Waals surface area (Å²) in [5, 5.41) is 5.71. The van der Waals surface area contributed by atoms with Crippen LogP contribution in [0.2, 0.25) is 0 Å². The highest BCUT2D eigenvalue weighted by molar-refractivity contribution is 7.81. The highest BCUT2D eigenvalue weighted by Crippen LogP contribution is 2.21. The Morgan fingerprint density at radius 2 is 2.27 bits per heavy atom. The monoisotopic (exact) mass is 176 g/mol. The summed E-state index contributed by atoms with van der Waals surface area (Å²) in [6.07, 6.45) is 0.0760. The lowest BCUT2D eigenvalue weighted by molar-refractivity contribution is -0.118. The van der Waals surface area contributed by atoms with E-state index in [1.165, 1.54) is 6.92 Å². The van der Waals surface area contributed by atoms with Gasteiger partial charge in [0.2, 0.25) is 5.91 Å². The van der Waals surface area contributed by atoms with Crippen molar-refractivity contribution >= 4 is 18.5 Å². The quantitative estimate of drug-likeness (QED) is 0.302. The molecule has 1 heterocycles. The van der Waals surface area contributed by atoms with Gasteiger partial charge >= 0.3 is 0 Å². The van der Waals surface area contributed by atoms with E-state index in [9.17, 15) is 4.79 Å². The zero-order chi connectivity index (χ0) is 8.27. The summed E-state index contributed by atoms with van der Waals surface area (Å²) in [7, 11) is 0. The van der Waals surface area contributed by atoms with Crippen LogP contribution in [0.1, 0.15) is 6.92 Å². The fourth-order valence-corrected chi connectivity index (χ4v) is 0.943. The molecule has 1 aliphatic heterocycles. The summed E-state index contributed by atoms with van der Waals surface area (Å²) >= 11 is 4.04. The number of hydrogen-bond acceptors (Lipinski definition) is 4. The van der Waals surface area contributed by atoms with Crippen molar-refractivity contribution in [2.45, 2.75) is 18.6 Å². The summed E-state index contributed by atoms with van der Waals surface area (Å²) in [6.45, 7) is 2.85. The van der Waals surface area contributed by atoms with Gasteiger partial charge in [-0.1, -0.05) is 0 Å². The van der Waals surface area contributed by atoms with E-state index in [2.05, 4.69) is 23.3 Å². The van der Waals surface area contributed by atoms with Crippen LogP contribution in [0.15, 0.2) is 0 Å². The molecule has 11 heavy (non-hydrogen) atoms. The van der Waals surface area contributed by atoms with Crippen LogP contribution >= 0.6 is 12.6 Å². The Morgan fingerprint density at radius 1 is 1.64 bits per heavy atom. The lowest BCUT2D eigenvalue weighted by Crippen LogP contribution is -2.31. The van der Waals surface area contributed by atoms with Crippen molar-refractivity contribution in [2.24, 2.45) is 0 Å². The molecule has 2 unspecified atom stereocenters. The summed E-state index contributed by atoms with van der Waals surface area (Å²) in [5.74, 6) is -0.00839. The summed E-state index contributed by atoms with van der Waals surface area (Å²) in [5.41, 5.74) is 0.0346. The number of ether oxygens (including phenoxy) is 1. The number of rotatable bonds is 4. The predicted molar refractivity (Wildman–Crippen MR) is 44.3 cm³/mol. The molecule has 0 saturated carbocycles. The maximum absolute atomic E-state index is 10.4. The van der Waals surface area contributed by atoms with Crippen molar-refractivity contribution in [3.8, 4) is 0 Å². The molecule has 1 aliphatic rings. The molecule has 5 heteroatoms. The van der Waals surface area contributed by atoms with E-state index in [0.29, 0.717) is 6.54 Å². The first kappa shape index (κ1) is 8.83. The highest BCUT2D eigenvalue weighted by atomic mass is 32.1. The van der Waals surface area contributed by atoms with Gasteiger partial charge in [-0.15, -0.1) is 12.6 Å². The number of nitrogens with one attached hydrogen (secondary N) is 2. The van der Waals surface area contributed by atoms with E-state index >= 15 is 0 Å². The first-order chi connectivity index (χ1) is 5.20. The molecule has 2 atom stereocenters. The second-order valence-corrected chi connectivity index (χ2v) is 2.89. The minimum absolute atomic E-state index is 0.00839. The molecule has 0 aromatic carbocycles. The molecule has 1 saturated heterocycles. The molecule has 0 bridgehead atoms. The second-order valence-electron chi connectivity index (χ2n) is 2.38. The van der Waals surface area contributed by atoms with Gasteiger partial charge in [0.25, 0.3) is 0 Å². The lowest BCUT2D eigenvalue weighted by atomic mass is 10.5. The van der Waals surface area contributed by atoms with Crippen molar-refractivity contribution in [2.75, 3.05) is 13.1 Å². The Bertz CT molecular complexity index is 154. The number of carbonyl (C=O) groups is 1. The van der Waals surface area contributed by atoms with Crippen molar-refractivity contribution in [1.82, 2.24) is 10.6 Å². The Labute approximate surface area is 71.1 Å². The molecule has 4 nitrogen and oxygen atoms in total. The number of amides is 1. The first-order valence-corrected chi connectivity index (χ1v) is 4.03. The number of thiol groups is 1. The third-order valence-electron chi connectivity index (χ3n) is 1.31. The van der Waals surface area contributed by atoms with Gasteiger partial charge in [-0.25, -0.2) is 0 Å². The van der Waals surface area contributed by atoms with Gasteiger partial charge in [0, 0.05) is 20.0 Å². The molecule has 1 amide bonds. The van der Waals surface area contributed by atoms with Crippen molar-refractivity contribution in [3.63, 3.8) is 0 Å². The van der Waals surface area contributed by atoms with Crippen LogP contribution < -0.4 is 10.6 Å². The molecule has 0 aromatic heterocycles. The van der Waals surface area contributed by atoms with Crippen LogP contribution in [0.4, 0.5) is 0 Å². The smallest absolute Gasteiger partial charge is 0.216 e. The maximum atomic E-state index is 10.4. The van der Waals surface area contributed by atoms with Gasteiger partial charge in [0.05, 0.1) is 0 Å². The average molecular weight is 176 g/mol. The van der Waals surface area contributed by atoms with Crippen molar-refractivity contribution < 1.29 is 9.53 Å². The largest absolute Gasteiger partial charge is 0.355 e. The molecule has 0 spiro atoms. The SMILES string of the molecule is CC(=O)NCCNC1OC1S. The zero-order valence-electron chi connectivity index (χ0n) is 6.33. The molecule has 0 aromatic rings. The first-order valence-electron chi connectivity index (χ1n) is 3.51. The maximum Gasteiger partial charge on any atom is 0.216 e. The van der Waals surface area contributed by atoms with Gasteiger partial charge in [0.1, 0.15) is 11.7 Å². The normalized spacial score (nSPS) is 28.2. The Hall–Kier alpha value is -0.260. The van der Waals surface area contributed by atoms with Gasteiger partial charge in [-0.05, 0) is 0 Å². The molecule has 1 rings (SSSR count). The Kier molecular flexibility index (Phi) is 3.16. The van der Waals surface area contributed by atoms with Crippen LogP contribution in [-0.4, -0.2) is 30.7 Å². The predicted octanol–water partition coefficient (Wildman–Crippen LogP) is -0.676. The van der Waals surface area contributed by atoms with Crippen LogP contribution in [-0.2, 0) is 9.53 Å². The van der Waals surface area contributed by atoms with Gasteiger partial charge in [-0.2, -0.15) is 0 Å². The van der Waals surface area contributed by atoms with Crippen LogP contribution in [0.3, 0.4) is 0 Å². The topological polar surface area (TPSA) is 53.7 Å². The number of epoxide rings is 1. The van der Waals surface area contributed by atoms with E-state index in [1.54, 1.807) is 0 Å². The summed E-state index contributed by atoms with van der Waals surface area (Å²) in [4.78, 5) is 10.4. The highest BCUT2D eigenvalue weighted by Gasteiger charge is 2.34. The van der Waals surface area contributed by atoms with Crippen LogP contribution in [0.25, 0.3) is 0 Å². The fourth-order valence-electron chi connectivity index (χ4n) is 0.707. The molecular formula is C6H12N2O2S. The van der Waals surface area contributed by atoms with E-state index < -0.39 is 0 Å². The Morgan fingerprint density at radius 3 is 2.73 bits per heavy atom. The van der Waals surface area contributed by atoms with E-state index in [-0.39, 0.29) is 17.6 Å². The minimum Gasteiger partial charge on any atom is -0.355 e. The van der Waals surface area contributed by atoms with E-state index in [1.807, 2.05) is 0 Å². The molecular weight excluding hydrogens is 164 g/mol. The number of carbonyl (C=O) groups excluding carboxylic acids is 1. The molecule has 0 radical (unpaired) electrons. The number of hydrogen-bond donors (Lipinski definition) is 3. The van der Waals surface area contributed by atoms with Gasteiger partial charge < -0.3 is 10.1 Å². The zero-order valence-corrected chi connectivity index (χ0v) is 7.23. The van der Waals surface area contributed by atoms with Gasteiger partial charge in [-0.3, -0.25) is 10.1 Å². The molecule has 0 aliphatic carbocycles.